The van der Waals surface area contributed by atoms with Crippen molar-refractivity contribution >= 4 is 35.6 Å². The molecule has 1 atom stereocenters. The molecule has 0 aliphatic rings. The van der Waals surface area contributed by atoms with Gasteiger partial charge in [0.25, 0.3) is 5.69 Å². The molecular weight excluding hydrogens is 491 g/mol. The number of halogens is 1. The third kappa shape index (κ3) is 9.56. The number of aliphatic hydroxyl groups excluding tert-OH is 1. The average molecular weight is 518 g/mol. The van der Waals surface area contributed by atoms with Crippen LogP contribution >= 0.6 is 24.0 Å². The average Bonchev–Trinajstić information content (AvgIpc) is 3.21. The fourth-order valence-electron chi connectivity index (χ4n) is 2.33. The summed E-state index contributed by atoms with van der Waals surface area (Å²) >= 11 is 0. The number of aliphatic hydroxyl groups is 1. The van der Waals surface area contributed by atoms with Crippen molar-refractivity contribution in [2.45, 2.75) is 26.0 Å². The molecule has 160 valence electrons. The first-order chi connectivity index (χ1) is 13.6. The van der Waals surface area contributed by atoms with Gasteiger partial charge in [0.05, 0.1) is 11.5 Å². The highest BCUT2D eigenvalue weighted by molar-refractivity contribution is 14.0. The molecule has 0 amide bonds. The molecule has 1 aromatic carbocycles. The number of aromatic nitrogens is 2. The molecule has 3 N–H and O–H groups in total. The lowest BCUT2D eigenvalue weighted by atomic mass is 10.3. The van der Waals surface area contributed by atoms with Gasteiger partial charge < -0.3 is 20.5 Å². The maximum atomic E-state index is 10.6. The van der Waals surface area contributed by atoms with Crippen LogP contribution in [-0.4, -0.2) is 58.1 Å². The number of ether oxygens (including phenoxy) is 1. The number of non-ortho nitro benzene ring substituents is 1. The Morgan fingerprint density at radius 1 is 1.38 bits per heavy atom. The van der Waals surface area contributed by atoms with E-state index in [0.717, 1.165) is 19.5 Å². The Labute approximate surface area is 186 Å². The lowest BCUT2D eigenvalue weighted by molar-refractivity contribution is -0.384. The van der Waals surface area contributed by atoms with Crippen LogP contribution in [0, 0.1) is 10.1 Å². The molecule has 2 rings (SSSR count). The minimum Gasteiger partial charge on any atom is -0.491 e. The summed E-state index contributed by atoms with van der Waals surface area (Å²) < 4.78 is 7.31. The van der Waals surface area contributed by atoms with E-state index in [4.69, 9.17) is 4.74 Å². The number of benzene rings is 1. The van der Waals surface area contributed by atoms with Gasteiger partial charge in [-0.1, -0.05) is 0 Å². The molecule has 1 unspecified atom stereocenters. The van der Waals surface area contributed by atoms with E-state index in [-0.39, 0.29) is 42.8 Å². The summed E-state index contributed by atoms with van der Waals surface area (Å²) in [6.07, 6.45) is 3.76. The topological polar surface area (TPSA) is 127 Å². The predicted octanol–water partition coefficient (Wildman–Crippen LogP) is 1.79. The molecule has 0 saturated carbocycles. The smallest absolute Gasteiger partial charge is 0.269 e. The first kappa shape index (κ1) is 24.6. The standard InChI is InChI=1S/C18H26N6O4.HI/c1-2-19-18(20-9-3-11-23-12-4-10-22-23)21-13-16(25)14-28-17-7-5-15(6-8-17)24(26)27;/h4-8,10,12,16,25H,2-3,9,11,13-14H2,1H3,(H2,19,20,21);1H. The van der Waals surface area contributed by atoms with E-state index in [1.165, 1.54) is 24.3 Å². The third-order valence-corrected chi connectivity index (χ3v) is 3.71. The molecule has 0 fully saturated rings. The van der Waals surface area contributed by atoms with E-state index in [0.29, 0.717) is 18.3 Å². The molecule has 1 heterocycles. The van der Waals surface area contributed by atoms with Crippen molar-refractivity contribution in [3.8, 4) is 5.75 Å². The molecule has 2 aromatic rings. The van der Waals surface area contributed by atoms with Gasteiger partial charge in [0.15, 0.2) is 5.96 Å². The van der Waals surface area contributed by atoms with Crippen LogP contribution in [0.3, 0.4) is 0 Å². The molecule has 0 radical (unpaired) electrons. The monoisotopic (exact) mass is 518 g/mol. The first-order valence-electron chi connectivity index (χ1n) is 9.13. The van der Waals surface area contributed by atoms with E-state index in [2.05, 4.69) is 20.7 Å². The Morgan fingerprint density at radius 2 is 2.14 bits per heavy atom. The summed E-state index contributed by atoms with van der Waals surface area (Å²) in [5.41, 5.74) is -0.00795. The number of nitrogens with one attached hydrogen (secondary N) is 2. The highest BCUT2D eigenvalue weighted by Gasteiger charge is 2.08. The molecule has 0 aliphatic carbocycles. The lowest BCUT2D eigenvalue weighted by Crippen LogP contribution is -2.39. The van der Waals surface area contributed by atoms with Crippen LogP contribution in [0.25, 0.3) is 0 Å². The number of hydrogen-bond acceptors (Lipinski definition) is 6. The summed E-state index contributed by atoms with van der Waals surface area (Å²) in [6, 6.07) is 7.60. The minimum atomic E-state index is -0.797. The van der Waals surface area contributed by atoms with E-state index in [9.17, 15) is 15.2 Å². The second-order valence-corrected chi connectivity index (χ2v) is 5.98. The molecule has 0 aliphatic heterocycles. The number of nitrogens with zero attached hydrogens (tertiary/aromatic N) is 4. The Hall–Kier alpha value is -2.41. The Kier molecular flexibility index (Phi) is 11.6. The first-order valence-corrected chi connectivity index (χ1v) is 9.13. The fraction of sp³-hybridized carbons (Fsp3) is 0.444. The fourth-order valence-corrected chi connectivity index (χ4v) is 2.33. The van der Waals surface area contributed by atoms with Crippen LogP contribution in [0.1, 0.15) is 13.3 Å². The van der Waals surface area contributed by atoms with E-state index in [1.807, 2.05) is 23.9 Å². The van der Waals surface area contributed by atoms with Crippen molar-refractivity contribution < 1.29 is 14.8 Å². The van der Waals surface area contributed by atoms with Crippen LogP contribution in [-0.2, 0) is 6.54 Å². The number of aryl methyl sites for hydroxylation is 1. The third-order valence-electron chi connectivity index (χ3n) is 3.71. The predicted molar refractivity (Wildman–Crippen MR) is 121 cm³/mol. The number of aliphatic imine (C=N–C) groups is 1. The van der Waals surface area contributed by atoms with Crippen molar-refractivity contribution in [2.75, 3.05) is 26.2 Å². The molecule has 0 saturated heterocycles. The van der Waals surface area contributed by atoms with Crippen LogP contribution in [0.15, 0.2) is 47.7 Å². The Bertz CT molecular complexity index is 739. The van der Waals surface area contributed by atoms with E-state index < -0.39 is 11.0 Å². The van der Waals surface area contributed by atoms with Crippen molar-refractivity contribution in [1.29, 1.82) is 0 Å². The number of hydrogen-bond donors (Lipinski definition) is 3. The van der Waals surface area contributed by atoms with Gasteiger partial charge in [0, 0.05) is 44.2 Å². The molecule has 10 nitrogen and oxygen atoms in total. The highest BCUT2D eigenvalue weighted by atomic mass is 127. The minimum absolute atomic E-state index is 0. The number of rotatable bonds is 11. The molecule has 11 heteroatoms. The maximum absolute atomic E-state index is 10.6. The number of nitro benzene ring substituents is 1. The van der Waals surface area contributed by atoms with Gasteiger partial charge in [-0.15, -0.1) is 24.0 Å². The molecule has 0 spiro atoms. The number of guanidine groups is 1. The Balaban J connectivity index is 0.00000420. The van der Waals surface area contributed by atoms with Gasteiger partial charge in [-0.05, 0) is 31.5 Å². The van der Waals surface area contributed by atoms with Gasteiger partial charge in [-0.25, -0.2) is 0 Å². The van der Waals surface area contributed by atoms with Gasteiger partial charge in [-0.2, -0.15) is 5.10 Å². The molecule has 1 aromatic heterocycles. The van der Waals surface area contributed by atoms with Gasteiger partial charge in [0.2, 0.25) is 0 Å². The quantitative estimate of drug-likeness (QED) is 0.103. The van der Waals surface area contributed by atoms with Crippen molar-refractivity contribution in [1.82, 2.24) is 20.4 Å². The Morgan fingerprint density at radius 3 is 2.76 bits per heavy atom. The summed E-state index contributed by atoms with van der Waals surface area (Å²) in [5.74, 6) is 1.08. The summed E-state index contributed by atoms with van der Waals surface area (Å²) in [7, 11) is 0. The van der Waals surface area contributed by atoms with Gasteiger partial charge >= 0.3 is 0 Å². The zero-order chi connectivity index (χ0) is 20.2. The van der Waals surface area contributed by atoms with E-state index >= 15 is 0 Å². The number of nitro groups is 1. The SMILES string of the molecule is CCNC(=NCC(O)COc1ccc([N+](=O)[O-])cc1)NCCCn1cccn1.I. The van der Waals surface area contributed by atoms with Crippen molar-refractivity contribution in [3.63, 3.8) is 0 Å². The summed E-state index contributed by atoms with van der Waals surface area (Å²) in [5, 5.41) is 31.2. The second-order valence-electron chi connectivity index (χ2n) is 5.98. The zero-order valence-corrected chi connectivity index (χ0v) is 18.6. The van der Waals surface area contributed by atoms with Crippen LogP contribution in [0.4, 0.5) is 5.69 Å². The highest BCUT2D eigenvalue weighted by Crippen LogP contribution is 2.17. The van der Waals surface area contributed by atoms with Crippen LogP contribution < -0.4 is 15.4 Å². The molecular formula is C18H27IN6O4. The van der Waals surface area contributed by atoms with Crippen LogP contribution in [0.2, 0.25) is 0 Å². The molecule has 29 heavy (non-hydrogen) atoms. The van der Waals surface area contributed by atoms with Gasteiger partial charge in [-0.3, -0.25) is 19.8 Å². The largest absolute Gasteiger partial charge is 0.491 e. The summed E-state index contributed by atoms with van der Waals surface area (Å²) in [4.78, 5) is 14.5. The lowest BCUT2D eigenvalue weighted by Gasteiger charge is -2.14. The normalized spacial score (nSPS) is 12.0. The van der Waals surface area contributed by atoms with Crippen molar-refractivity contribution in [3.05, 3.63) is 52.8 Å². The molecule has 0 bridgehead atoms. The summed E-state index contributed by atoms with van der Waals surface area (Å²) in [6.45, 7) is 4.42. The zero-order valence-electron chi connectivity index (χ0n) is 16.2. The van der Waals surface area contributed by atoms with Crippen LogP contribution in [0.5, 0.6) is 5.75 Å². The van der Waals surface area contributed by atoms with E-state index in [1.54, 1.807) is 6.20 Å². The van der Waals surface area contributed by atoms with Crippen molar-refractivity contribution in [2.24, 2.45) is 4.99 Å². The van der Waals surface area contributed by atoms with Gasteiger partial charge in [0.1, 0.15) is 18.5 Å². The second kappa shape index (κ2) is 13.7. The maximum Gasteiger partial charge on any atom is 0.269 e.